The van der Waals surface area contributed by atoms with Crippen molar-refractivity contribution in [1.29, 1.82) is 0 Å². The summed E-state index contributed by atoms with van der Waals surface area (Å²) in [5.41, 5.74) is 3.03. The molecule has 0 fully saturated rings. The van der Waals surface area contributed by atoms with E-state index in [0.29, 0.717) is 35.4 Å². The van der Waals surface area contributed by atoms with Crippen molar-refractivity contribution in [2.24, 2.45) is 0 Å². The van der Waals surface area contributed by atoms with E-state index < -0.39 is 20.0 Å². The zero-order chi connectivity index (χ0) is 20.8. The van der Waals surface area contributed by atoms with E-state index in [1.807, 2.05) is 13.8 Å². The molecule has 0 amide bonds. The van der Waals surface area contributed by atoms with Crippen LogP contribution in [0.25, 0.3) is 12.2 Å². The second-order valence-electron chi connectivity index (χ2n) is 7.05. The third-order valence-corrected chi connectivity index (χ3v) is 7.75. The zero-order valence-electron chi connectivity index (χ0n) is 15.9. The van der Waals surface area contributed by atoms with E-state index in [-0.39, 0.29) is 15.7 Å². The first-order valence-corrected chi connectivity index (χ1v) is 12.1. The first-order chi connectivity index (χ1) is 13.7. The summed E-state index contributed by atoms with van der Waals surface area (Å²) in [7, 11) is -7.30. The van der Waals surface area contributed by atoms with Gasteiger partial charge in [-0.2, -0.15) is 0 Å². The summed E-state index contributed by atoms with van der Waals surface area (Å²) >= 11 is 0. The van der Waals surface area contributed by atoms with Crippen LogP contribution in [-0.4, -0.2) is 26.8 Å². The first kappa shape index (κ1) is 19.6. The molecule has 10 heteroatoms. The first-order valence-electron chi connectivity index (χ1n) is 9.11. The molecule has 4 rings (SSSR count). The van der Waals surface area contributed by atoms with Gasteiger partial charge < -0.3 is 0 Å². The topological polar surface area (TPSA) is 118 Å². The van der Waals surface area contributed by atoms with Crippen LogP contribution in [0.1, 0.15) is 48.7 Å². The van der Waals surface area contributed by atoms with Crippen molar-refractivity contribution in [2.75, 3.05) is 0 Å². The minimum atomic E-state index is -3.69. The predicted octanol–water partition coefficient (Wildman–Crippen LogP) is 2.13. The minimum Gasteiger partial charge on any atom is -0.286 e. The predicted molar refractivity (Wildman–Crippen MR) is 109 cm³/mol. The van der Waals surface area contributed by atoms with Crippen LogP contribution in [0.15, 0.2) is 46.2 Å². The SMILES string of the molecule is CCc1cc2c(cn1)S(=O)(=O)NC(CC(C)c1cc3c(cn1)C=CNS3(=O)=O)=C2. The Kier molecular flexibility index (Phi) is 4.70. The van der Waals surface area contributed by atoms with Gasteiger partial charge in [-0.05, 0) is 37.1 Å². The Balaban J connectivity index is 1.66. The van der Waals surface area contributed by atoms with Gasteiger partial charge in [0.25, 0.3) is 20.0 Å². The molecule has 0 spiro atoms. The molecule has 2 N–H and O–H groups in total. The average molecular weight is 433 g/mol. The molecule has 0 radical (unpaired) electrons. The highest BCUT2D eigenvalue weighted by Gasteiger charge is 2.27. The molecular formula is C19H20N4O4S2. The Morgan fingerprint density at radius 1 is 1.00 bits per heavy atom. The Bertz CT molecular complexity index is 1270. The number of sulfonamides is 2. The summed E-state index contributed by atoms with van der Waals surface area (Å²) in [6, 6.07) is 3.32. The smallest absolute Gasteiger partial charge is 0.263 e. The van der Waals surface area contributed by atoms with Crippen LogP contribution in [-0.2, 0) is 26.5 Å². The molecule has 0 aromatic carbocycles. The molecule has 4 heterocycles. The number of nitrogens with one attached hydrogen (secondary N) is 2. The maximum atomic E-state index is 12.6. The number of pyridine rings is 2. The summed E-state index contributed by atoms with van der Waals surface area (Å²) in [6.07, 6.45) is 8.77. The van der Waals surface area contributed by atoms with Gasteiger partial charge in [-0.25, -0.2) is 16.8 Å². The van der Waals surface area contributed by atoms with Crippen LogP contribution in [0.5, 0.6) is 0 Å². The summed E-state index contributed by atoms with van der Waals surface area (Å²) in [5.74, 6) is -0.204. The van der Waals surface area contributed by atoms with Crippen molar-refractivity contribution in [3.05, 3.63) is 58.9 Å². The summed E-state index contributed by atoms with van der Waals surface area (Å²) in [4.78, 5) is 8.86. The quantitative estimate of drug-likeness (QED) is 0.764. The number of allylic oxidation sites excluding steroid dienone is 1. The molecule has 29 heavy (non-hydrogen) atoms. The zero-order valence-corrected chi connectivity index (χ0v) is 17.5. The lowest BCUT2D eigenvalue weighted by Gasteiger charge is -2.22. The van der Waals surface area contributed by atoms with Crippen LogP contribution in [0.2, 0.25) is 0 Å². The third kappa shape index (κ3) is 3.65. The monoisotopic (exact) mass is 432 g/mol. The highest BCUT2D eigenvalue weighted by Crippen LogP contribution is 2.31. The molecule has 0 bridgehead atoms. The van der Waals surface area contributed by atoms with Gasteiger partial charge in [0.15, 0.2) is 0 Å². The maximum Gasteiger partial charge on any atom is 0.263 e. The lowest BCUT2D eigenvalue weighted by atomic mass is 9.99. The highest BCUT2D eigenvalue weighted by molar-refractivity contribution is 7.90. The normalized spacial score (nSPS) is 19.2. The van der Waals surface area contributed by atoms with Crippen molar-refractivity contribution in [3.8, 4) is 0 Å². The highest BCUT2D eigenvalue weighted by atomic mass is 32.2. The number of nitrogens with zero attached hydrogens (tertiary/aromatic N) is 2. The van der Waals surface area contributed by atoms with E-state index in [1.165, 1.54) is 24.7 Å². The Labute approximate surface area is 169 Å². The fourth-order valence-electron chi connectivity index (χ4n) is 3.38. The molecular weight excluding hydrogens is 412 g/mol. The molecule has 2 aliphatic heterocycles. The van der Waals surface area contributed by atoms with Crippen LogP contribution >= 0.6 is 0 Å². The number of hydrogen-bond donors (Lipinski definition) is 2. The Morgan fingerprint density at radius 2 is 1.79 bits per heavy atom. The Hall–Kier alpha value is -2.72. The standard InChI is InChI=1S/C19H20N4O4S2/c1-3-15-7-14-8-16(23-29(26,27)19(14)11-20-15)6-12(2)17-9-18-13(10-21-17)4-5-22-28(18,24)25/h4-5,7-12,22-23H,3,6H2,1-2H3. The minimum absolute atomic E-state index is 0.155. The molecule has 0 aliphatic carbocycles. The fraction of sp³-hybridized carbons (Fsp3) is 0.263. The summed E-state index contributed by atoms with van der Waals surface area (Å²) in [5, 5.41) is 0. The molecule has 152 valence electrons. The van der Waals surface area contributed by atoms with Crippen LogP contribution in [0.4, 0.5) is 0 Å². The van der Waals surface area contributed by atoms with Crippen LogP contribution in [0.3, 0.4) is 0 Å². The maximum absolute atomic E-state index is 12.6. The molecule has 2 aromatic rings. The fourth-order valence-corrected chi connectivity index (χ4v) is 5.68. The molecule has 1 unspecified atom stereocenters. The largest absolute Gasteiger partial charge is 0.286 e. The third-order valence-electron chi connectivity index (χ3n) is 4.92. The molecule has 0 saturated heterocycles. The van der Waals surface area contributed by atoms with Gasteiger partial charge in [-0.1, -0.05) is 13.8 Å². The molecule has 2 aromatic heterocycles. The van der Waals surface area contributed by atoms with Crippen molar-refractivity contribution in [3.63, 3.8) is 0 Å². The van der Waals surface area contributed by atoms with E-state index in [4.69, 9.17) is 0 Å². The number of rotatable bonds is 4. The van der Waals surface area contributed by atoms with Gasteiger partial charge in [0.2, 0.25) is 0 Å². The number of aryl methyl sites for hydroxylation is 1. The van der Waals surface area contributed by atoms with Gasteiger partial charge in [0.1, 0.15) is 4.90 Å². The lowest BCUT2D eigenvalue weighted by molar-refractivity contribution is 0.582. The van der Waals surface area contributed by atoms with E-state index in [1.54, 1.807) is 18.2 Å². The van der Waals surface area contributed by atoms with E-state index in [0.717, 1.165) is 5.69 Å². The van der Waals surface area contributed by atoms with Gasteiger partial charge in [0.05, 0.1) is 4.90 Å². The summed E-state index contributed by atoms with van der Waals surface area (Å²) in [6.45, 7) is 3.83. The molecule has 0 saturated carbocycles. The van der Waals surface area contributed by atoms with Gasteiger partial charge in [-0.3, -0.25) is 19.4 Å². The molecule has 1 atom stereocenters. The van der Waals surface area contributed by atoms with E-state index in [9.17, 15) is 16.8 Å². The van der Waals surface area contributed by atoms with Gasteiger partial charge in [0, 0.05) is 52.7 Å². The second-order valence-corrected chi connectivity index (χ2v) is 10.4. The van der Waals surface area contributed by atoms with Crippen LogP contribution in [0, 0.1) is 0 Å². The van der Waals surface area contributed by atoms with Crippen molar-refractivity contribution in [1.82, 2.24) is 19.4 Å². The van der Waals surface area contributed by atoms with Crippen molar-refractivity contribution >= 4 is 32.2 Å². The average Bonchev–Trinajstić information content (AvgIpc) is 2.66. The number of aromatic nitrogens is 2. The van der Waals surface area contributed by atoms with Crippen LogP contribution < -0.4 is 9.44 Å². The van der Waals surface area contributed by atoms with E-state index in [2.05, 4.69) is 19.4 Å². The number of hydrogen-bond acceptors (Lipinski definition) is 6. The Morgan fingerprint density at radius 3 is 2.55 bits per heavy atom. The second kappa shape index (κ2) is 6.96. The van der Waals surface area contributed by atoms with Crippen molar-refractivity contribution < 1.29 is 16.8 Å². The lowest BCUT2D eigenvalue weighted by Crippen LogP contribution is -2.28. The van der Waals surface area contributed by atoms with Gasteiger partial charge >= 0.3 is 0 Å². The molecule has 2 aliphatic rings. The summed E-state index contributed by atoms with van der Waals surface area (Å²) < 4.78 is 54.5. The van der Waals surface area contributed by atoms with E-state index >= 15 is 0 Å². The molecule has 8 nitrogen and oxygen atoms in total. The van der Waals surface area contributed by atoms with Crippen molar-refractivity contribution in [2.45, 2.75) is 42.4 Å². The van der Waals surface area contributed by atoms with Gasteiger partial charge in [-0.15, -0.1) is 0 Å². The number of fused-ring (bicyclic) bond motifs is 2.